The highest BCUT2D eigenvalue weighted by Gasteiger charge is 2.42. The molecule has 96 valence electrons. The van der Waals surface area contributed by atoms with Crippen LogP contribution in [0.5, 0.6) is 0 Å². The molecule has 0 aromatic heterocycles. The van der Waals surface area contributed by atoms with Crippen molar-refractivity contribution in [3.63, 3.8) is 0 Å². The number of nitrogens with one attached hydrogen (secondary N) is 1. The van der Waals surface area contributed by atoms with Gasteiger partial charge in [-0.15, -0.1) is 0 Å². The Morgan fingerprint density at radius 3 is 2.61 bits per heavy atom. The van der Waals surface area contributed by atoms with Crippen molar-refractivity contribution in [2.75, 3.05) is 7.11 Å². The Hall–Kier alpha value is -1.53. The Labute approximate surface area is 109 Å². The Kier molecular flexibility index (Phi) is 3.88. The summed E-state index contributed by atoms with van der Waals surface area (Å²) in [6, 6.07) is 9.24. The van der Waals surface area contributed by atoms with Crippen LogP contribution in [0, 0.1) is 0 Å². The Morgan fingerprint density at radius 2 is 2.06 bits per heavy atom. The van der Waals surface area contributed by atoms with Crippen molar-refractivity contribution in [1.29, 1.82) is 0 Å². The summed E-state index contributed by atoms with van der Waals surface area (Å²) in [5.41, 5.74) is 0. The van der Waals surface area contributed by atoms with E-state index < -0.39 is 12.3 Å². The van der Waals surface area contributed by atoms with E-state index in [0.717, 1.165) is 9.80 Å². The van der Waals surface area contributed by atoms with E-state index in [4.69, 9.17) is 4.74 Å². The fraction of sp³-hybridized carbons (Fsp3) is 0.333. The number of carbonyl (C=O) groups excluding carboxylic acids is 2. The van der Waals surface area contributed by atoms with E-state index in [9.17, 15) is 9.59 Å². The second-order valence-electron chi connectivity index (χ2n) is 3.82. The van der Waals surface area contributed by atoms with E-state index in [-0.39, 0.29) is 11.3 Å². The van der Waals surface area contributed by atoms with Crippen molar-refractivity contribution >= 4 is 23.7 Å². The third kappa shape index (κ3) is 2.49. The van der Waals surface area contributed by atoms with Crippen LogP contribution >= 0.6 is 11.8 Å². The predicted molar refractivity (Wildman–Crippen MR) is 67.9 cm³/mol. The quantitative estimate of drug-likeness (QED) is 0.903. The third-order valence-electron chi connectivity index (χ3n) is 2.59. The number of nitrogens with zero attached hydrogens (tertiary/aromatic N) is 1. The van der Waals surface area contributed by atoms with E-state index in [0.29, 0.717) is 0 Å². The summed E-state index contributed by atoms with van der Waals surface area (Å²) in [6.45, 7) is 1.35. The maximum absolute atomic E-state index is 11.7. The lowest BCUT2D eigenvalue weighted by atomic mass is 10.4. The number of thioether (sulfide) groups is 1. The first-order chi connectivity index (χ1) is 8.63. The Balaban J connectivity index is 2.14. The fourth-order valence-corrected chi connectivity index (χ4v) is 2.91. The molecule has 3 amide bonds. The minimum absolute atomic E-state index is 0.297. The van der Waals surface area contributed by atoms with Gasteiger partial charge in [0.15, 0.2) is 6.23 Å². The van der Waals surface area contributed by atoms with Gasteiger partial charge >= 0.3 is 6.03 Å². The molecule has 0 saturated carbocycles. The number of methoxy groups -OCH3 is 1. The van der Waals surface area contributed by atoms with Crippen LogP contribution in [0.3, 0.4) is 0 Å². The SMILES string of the molecule is CO[C@H]1[C@@H](Sc2ccccc2)NC(=O)N1C(C)=O. The van der Waals surface area contributed by atoms with Crippen molar-refractivity contribution in [3.05, 3.63) is 30.3 Å². The molecule has 0 unspecified atom stereocenters. The molecule has 5 nitrogen and oxygen atoms in total. The van der Waals surface area contributed by atoms with Crippen LogP contribution in [-0.4, -0.2) is 35.5 Å². The molecule has 1 aromatic rings. The molecule has 1 saturated heterocycles. The first kappa shape index (κ1) is 12.9. The summed E-state index contributed by atoms with van der Waals surface area (Å²) in [6.07, 6.45) is -0.583. The monoisotopic (exact) mass is 266 g/mol. The average Bonchev–Trinajstić information content (AvgIpc) is 2.66. The van der Waals surface area contributed by atoms with Gasteiger partial charge in [-0.3, -0.25) is 4.79 Å². The number of hydrogen-bond donors (Lipinski definition) is 1. The molecule has 1 fully saturated rings. The minimum Gasteiger partial charge on any atom is -0.358 e. The van der Waals surface area contributed by atoms with Crippen LogP contribution < -0.4 is 5.32 Å². The summed E-state index contributed by atoms with van der Waals surface area (Å²) in [4.78, 5) is 25.2. The predicted octanol–water partition coefficient (Wildman–Crippen LogP) is 1.65. The summed E-state index contributed by atoms with van der Waals surface area (Å²) >= 11 is 1.46. The first-order valence-corrected chi connectivity index (χ1v) is 6.36. The van der Waals surface area contributed by atoms with Crippen LogP contribution in [0.4, 0.5) is 4.79 Å². The van der Waals surface area contributed by atoms with Gasteiger partial charge in [-0.05, 0) is 12.1 Å². The summed E-state index contributed by atoms with van der Waals surface area (Å²) in [5, 5.41) is 2.44. The Bertz CT molecular complexity index is 452. The number of hydrogen-bond acceptors (Lipinski definition) is 4. The zero-order chi connectivity index (χ0) is 13.1. The Morgan fingerprint density at radius 1 is 1.39 bits per heavy atom. The van der Waals surface area contributed by atoms with Crippen LogP contribution in [0.25, 0.3) is 0 Å². The van der Waals surface area contributed by atoms with Gasteiger partial charge < -0.3 is 10.1 Å². The number of carbonyl (C=O) groups is 2. The summed E-state index contributed by atoms with van der Waals surface area (Å²) in [7, 11) is 1.49. The lowest BCUT2D eigenvalue weighted by molar-refractivity contribution is -0.133. The van der Waals surface area contributed by atoms with Crippen molar-refractivity contribution in [1.82, 2.24) is 10.2 Å². The zero-order valence-corrected chi connectivity index (χ0v) is 10.9. The zero-order valence-electron chi connectivity index (χ0n) is 10.1. The van der Waals surface area contributed by atoms with Crippen molar-refractivity contribution < 1.29 is 14.3 Å². The van der Waals surface area contributed by atoms with Crippen molar-refractivity contribution in [2.24, 2.45) is 0 Å². The van der Waals surface area contributed by atoms with Crippen molar-refractivity contribution in [3.8, 4) is 0 Å². The van der Waals surface area contributed by atoms with Gasteiger partial charge in [0, 0.05) is 18.9 Å². The van der Waals surface area contributed by atoms with E-state index in [1.807, 2.05) is 30.3 Å². The number of amides is 3. The van der Waals surface area contributed by atoms with Gasteiger partial charge in [-0.2, -0.15) is 0 Å². The molecular weight excluding hydrogens is 252 g/mol. The number of benzene rings is 1. The molecule has 0 radical (unpaired) electrons. The largest absolute Gasteiger partial charge is 0.358 e. The molecule has 18 heavy (non-hydrogen) atoms. The molecular formula is C12H14N2O3S. The molecule has 0 bridgehead atoms. The highest BCUT2D eigenvalue weighted by Crippen LogP contribution is 2.29. The molecule has 1 N–H and O–H groups in total. The van der Waals surface area contributed by atoms with Crippen LogP contribution in [-0.2, 0) is 9.53 Å². The third-order valence-corrected chi connectivity index (χ3v) is 3.73. The van der Waals surface area contributed by atoms with Crippen LogP contribution in [0.15, 0.2) is 35.2 Å². The maximum Gasteiger partial charge on any atom is 0.327 e. The van der Waals surface area contributed by atoms with E-state index >= 15 is 0 Å². The number of urea groups is 1. The number of imide groups is 1. The molecule has 1 aromatic carbocycles. The standard InChI is InChI=1S/C12H14N2O3S/c1-8(15)14-11(17-2)10(13-12(14)16)18-9-6-4-3-5-7-9/h3-7,10-11H,1-2H3,(H,13,16)/t10-,11+/m1/s1. The second kappa shape index (κ2) is 5.41. The van der Waals surface area contributed by atoms with E-state index in [1.54, 1.807) is 0 Å². The van der Waals surface area contributed by atoms with Gasteiger partial charge in [0.05, 0.1) is 0 Å². The summed E-state index contributed by atoms with van der Waals surface area (Å²) in [5.74, 6) is -0.324. The molecule has 6 heteroatoms. The highest BCUT2D eigenvalue weighted by atomic mass is 32.2. The maximum atomic E-state index is 11.7. The highest BCUT2D eigenvalue weighted by molar-refractivity contribution is 8.00. The van der Waals surface area contributed by atoms with Gasteiger partial charge in [-0.25, -0.2) is 9.69 Å². The van der Waals surface area contributed by atoms with Gasteiger partial charge in [0.1, 0.15) is 5.37 Å². The number of rotatable bonds is 3. The first-order valence-electron chi connectivity index (χ1n) is 5.48. The fourth-order valence-electron chi connectivity index (χ4n) is 1.80. The van der Waals surface area contributed by atoms with E-state index in [1.165, 1.54) is 25.8 Å². The molecule has 1 aliphatic rings. The lowest BCUT2D eigenvalue weighted by Gasteiger charge is -2.21. The topological polar surface area (TPSA) is 58.6 Å². The number of ether oxygens (including phenoxy) is 1. The molecule has 2 atom stereocenters. The van der Waals surface area contributed by atoms with Crippen molar-refractivity contribution in [2.45, 2.75) is 23.4 Å². The smallest absolute Gasteiger partial charge is 0.327 e. The molecule has 0 spiro atoms. The van der Waals surface area contributed by atoms with Gasteiger partial charge in [-0.1, -0.05) is 30.0 Å². The molecule has 2 rings (SSSR count). The lowest BCUT2D eigenvalue weighted by Crippen LogP contribution is -2.40. The van der Waals surface area contributed by atoms with E-state index in [2.05, 4.69) is 5.32 Å². The normalized spacial score (nSPS) is 23.0. The molecule has 1 heterocycles. The van der Waals surface area contributed by atoms with Gasteiger partial charge in [0.2, 0.25) is 5.91 Å². The second-order valence-corrected chi connectivity index (χ2v) is 5.03. The van der Waals surface area contributed by atoms with Crippen LogP contribution in [0.1, 0.15) is 6.92 Å². The minimum atomic E-state index is -0.583. The van der Waals surface area contributed by atoms with Crippen LogP contribution in [0.2, 0.25) is 0 Å². The summed E-state index contributed by atoms with van der Waals surface area (Å²) < 4.78 is 5.24. The average molecular weight is 266 g/mol. The molecule has 1 aliphatic heterocycles. The molecule has 0 aliphatic carbocycles. The van der Waals surface area contributed by atoms with Gasteiger partial charge in [0.25, 0.3) is 0 Å².